The topological polar surface area (TPSA) is 72.9 Å². The second-order valence-corrected chi connectivity index (χ2v) is 7.10. The number of nitrogens with one attached hydrogen (secondary N) is 1. The van der Waals surface area contributed by atoms with Crippen LogP contribution in [0.2, 0.25) is 0 Å². The largest absolute Gasteiger partial charge is 0.392 e. The molecule has 2 fully saturated rings. The van der Waals surface area contributed by atoms with Crippen LogP contribution in [0.3, 0.4) is 0 Å². The molecule has 0 aromatic rings. The third-order valence-electron chi connectivity index (χ3n) is 4.98. The summed E-state index contributed by atoms with van der Waals surface area (Å²) in [5.41, 5.74) is -0.260. The van der Waals surface area contributed by atoms with Gasteiger partial charge in [0.15, 0.2) is 0 Å². The number of piperidine rings is 1. The normalized spacial score (nSPS) is 31.3. The zero-order chi connectivity index (χ0) is 15.8. The van der Waals surface area contributed by atoms with Crippen molar-refractivity contribution < 1.29 is 14.7 Å². The lowest BCUT2D eigenvalue weighted by molar-refractivity contribution is -0.134. The van der Waals surface area contributed by atoms with Crippen molar-refractivity contribution in [2.24, 2.45) is 11.3 Å². The fourth-order valence-corrected chi connectivity index (χ4v) is 3.08. The van der Waals surface area contributed by atoms with Gasteiger partial charge in [-0.05, 0) is 19.3 Å². The maximum Gasteiger partial charge on any atom is 0.319 e. The number of amides is 3. The zero-order valence-corrected chi connectivity index (χ0v) is 13.4. The van der Waals surface area contributed by atoms with Crippen LogP contribution in [0.5, 0.6) is 0 Å². The number of aliphatic hydroxyl groups excluding tert-OH is 1. The average Bonchev–Trinajstić information content (AvgIpc) is 2.46. The van der Waals surface area contributed by atoms with Gasteiger partial charge in [-0.2, -0.15) is 0 Å². The molecule has 1 aliphatic heterocycles. The second kappa shape index (κ2) is 5.83. The van der Waals surface area contributed by atoms with Crippen molar-refractivity contribution in [3.63, 3.8) is 0 Å². The molecule has 0 aromatic heterocycles. The fraction of sp³-hybridized carbons (Fsp3) is 0.867. The number of nitrogens with zero attached hydrogens (tertiary/aromatic N) is 2. The quantitative estimate of drug-likeness (QED) is 0.786. The molecule has 120 valence electrons. The third-order valence-corrected chi connectivity index (χ3v) is 4.98. The molecule has 1 saturated heterocycles. The summed E-state index contributed by atoms with van der Waals surface area (Å²) in [6.07, 6.45) is 1.94. The van der Waals surface area contributed by atoms with Crippen LogP contribution in [-0.2, 0) is 4.79 Å². The first-order chi connectivity index (χ1) is 9.73. The highest BCUT2D eigenvalue weighted by Crippen LogP contribution is 2.40. The van der Waals surface area contributed by atoms with E-state index >= 15 is 0 Å². The zero-order valence-electron chi connectivity index (χ0n) is 13.4. The molecule has 1 heterocycles. The molecule has 6 heteroatoms. The molecule has 0 spiro atoms. The Kier molecular flexibility index (Phi) is 4.46. The summed E-state index contributed by atoms with van der Waals surface area (Å²) in [4.78, 5) is 27.7. The van der Waals surface area contributed by atoms with Gasteiger partial charge >= 0.3 is 6.03 Å². The van der Waals surface area contributed by atoms with Crippen molar-refractivity contribution >= 4 is 11.9 Å². The molecule has 2 aliphatic rings. The van der Waals surface area contributed by atoms with E-state index in [4.69, 9.17) is 0 Å². The Bertz CT molecular complexity index is 422. The van der Waals surface area contributed by atoms with Gasteiger partial charge < -0.3 is 20.2 Å². The summed E-state index contributed by atoms with van der Waals surface area (Å²) < 4.78 is 0. The lowest BCUT2D eigenvalue weighted by Crippen LogP contribution is -2.62. The molecule has 1 aliphatic carbocycles. The summed E-state index contributed by atoms with van der Waals surface area (Å²) in [7, 11) is 3.45. The third kappa shape index (κ3) is 3.15. The van der Waals surface area contributed by atoms with E-state index in [9.17, 15) is 14.7 Å². The highest BCUT2D eigenvalue weighted by atomic mass is 16.3. The van der Waals surface area contributed by atoms with Crippen molar-refractivity contribution in [2.75, 3.05) is 27.2 Å². The maximum absolute atomic E-state index is 12.4. The Morgan fingerprint density at radius 2 is 2.00 bits per heavy atom. The minimum Gasteiger partial charge on any atom is -0.392 e. The highest BCUT2D eigenvalue weighted by Gasteiger charge is 2.48. The van der Waals surface area contributed by atoms with E-state index in [1.165, 1.54) is 0 Å². The van der Waals surface area contributed by atoms with E-state index in [0.717, 1.165) is 12.8 Å². The van der Waals surface area contributed by atoms with Crippen LogP contribution in [0.1, 0.15) is 33.1 Å². The summed E-state index contributed by atoms with van der Waals surface area (Å²) in [6.45, 7) is 5.14. The van der Waals surface area contributed by atoms with Crippen molar-refractivity contribution in [3.05, 3.63) is 0 Å². The smallest absolute Gasteiger partial charge is 0.319 e. The van der Waals surface area contributed by atoms with Gasteiger partial charge in [-0.3, -0.25) is 4.79 Å². The lowest BCUT2D eigenvalue weighted by atomic mass is 9.64. The van der Waals surface area contributed by atoms with Crippen LogP contribution in [0.15, 0.2) is 0 Å². The Morgan fingerprint density at radius 1 is 1.33 bits per heavy atom. The van der Waals surface area contributed by atoms with Gasteiger partial charge in [-0.15, -0.1) is 0 Å². The van der Waals surface area contributed by atoms with E-state index < -0.39 is 0 Å². The summed E-state index contributed by atoms with van der Waals surface area (Å²) in [5, 5.41) is 12.8. The number of carbonyl (C=O) groups is 2. The maximum atomic E-state index is 12.4. The summed E-state index contributed by atoms with van der Waals surface area (Å²) >= 11 is 0. The monoisotopic (exact) mass is 297 g/mol. The first-order valence-corrected chi connectivity index (χ1v) is 7.68. The first-order valence-electron chi connectivity index (χ1n) is 7.68. The molecular formula is C15H27N3O3. The molecule has 2 N–H and O–H groups in total. The van der Waals surface area contributed by atoms with Crippen LogP contribution in [0.25, 0.3) is 0 Å². The molecule has 21 heavy (non-hydrogen) atoms. The van der Waals surface area contributed by atoms with Gasteiger partial charge in [0.2, 0.25) is 5.91 Å². The fourth-order valence-electron chi connectivity index (χ4n) is 3.08. The number of likely N-dealkylation sites (tertiary alicyclic amines) is 1. The van der Waals surface area contributed by atoms with Crippen LogP contribution in [0.4, 0.5) is 4.79 Å². The number of rotatable bonds is 2. The number of hydrogen-bond donors (Lipinski definition) is 2. The van der Waals surface area contributed by atoms with Crippen LogP contribution in [0, 0.1) is 11.3 Å². The van der Waals surface area contributed by atoms with E-state index in [-0.39, 0.29) is 35.4 Å². The van der Waals surface area contributed by atoms with Crippen LogP contribution < -0.4 is 5.32 Å². The van der Waals surface area contributed by atoms with Gasteiger partial charge in [0.05, 0.1) is 12.0 Å². The first kappa shape index (κ1) is 16.1. The van der Waals surface area contributed by atoms with E-state index in [0.29, 0.717) is 19.5 Å². The minimum absolute atomic E-state index is 0.0104. The summed E-state index contributed by atoms with van der Waals surface area (Å²) in [6, 6.07) is -0.00757. The Labute approximate surface area is 126 Å². The minimum atomic E-state index is -0.346. The van der Waals surface area contributed by atoms with Crippen LogP contribution >= 0.6 is 0 Å². The molecule has 6 nitrogen and oxygen atoms in total. The SMILES string of the molecule is CN(C)C(=O)N1CCCC(C(=O)NC2CC(O)C2(C)C)C1. The van der Waals surface area contributed by atoms with Gasteiger partial charge in [0, 0.05) is 38.6 Å². The van der Waals surface area contributed by atoms with Gasteiger partial charge in [-0.25, -0.2) is 4.79 Å². The van der Waals surface area contributed by atoms with E-state index in [2.05, 4.69) is 5.32 Å². The Balaban J connectivity index is 1.90. The van der Waals surface area contributed by atoms with E-state index in [1.54, 1.807) is 23.9 Å². The molecule has 0 aromatic carbocycles. The Hall–Kier alpha value is -1.30. The summed E-state index contributed by atoms with van der Waals surface area (Å²) in [5.74, 6) is -0.132. The van der Waals surface area contributed by atoms with Crippen molar-refractivity contribution in [2.45, 2.75) is 45.3 Å². The predicted octanol–water partition coefficient (Wildman–Crippen LogP) is 0.656. The molecule has 3 unspecified atom stereocenters. The molecule has 0 radical (unpaired) electrons. The van der Waals surface area contributed by atoms with Crippen molar-refractivity contribution in [3.8, 4) is 0 Å². The van der Waals surface area contributed by atoms with Crippen molar-refractivity contribution in [1.82, 2.24) is 15.1 Å². The number of urea groups is 1. The molecular weight excluding hydrogens is 270 g/mol. The average molecular weight is 297 g/mol. The van der Waals surface area contributed by atoms with E-state index in [1.807, 2.05) is 13.8 Å². The number of hydrogen-bond acceptors (Lipinski definition) is 3. The van der Waals surface area contributed by atoms with Gasteiger partial charge in [0.1, 0.15) is 0 Å². The van der Waals surface area contributed by atoms with Crippen molar-refractivity contribution in [1.29, 1.82) is 0 Å². The second-order valence-electron chi connectivity index (χ2n) is 7.10. The molecule has 1 saturated carbocycles. The molecule has 2 rings (SSSR count). The number of aliphatic hydroxyl groups is 1. The Morgan fingerprint density at radius 3 is 2.52 bits per heavy atom. The van der Waals surface area contributed by atoms with Gasteiger partial charge in [0.25, 0.3) is 0 Å². The lowest BCUT2D eigenvalue weighted by Gasteiger charge is -2.50. The van der Waals surface area contributed by atoms with Gasteiger partial charge in [-0.1, -0.05) is 13.8 Å². The predicted molar refractivity (Wildman–Crippen MR) is 79.7 cm³/mol. The van der Waals surface area contributed by atoms with Crippen LogP contribution in [-0.4, -0.2) is 66.2 Å². The molecule has 3 atom stereocenters. The highest BCUT2D eigenvalue weighted by molar-refractivity contribution is 5.81. The molecule has 0 bridgehead atoms. The molecule has 3 amide bonds. The standard InChI is InChI=1S/C15H27N3O3/c1-15(2)11(8-12(15)19)16-13(20)10-6-5-7-18(9-10)14(21)17(3)4/h10-12,19H,5-9H2,1-4H3,(H,16,20). The number of carbonyl (C=O) groups excluding carboxylic acids is 2.